The smallest absolute Gasteiger partial charge is 0.258 e. The van der Waals surface area contributed by atoms with E-state index in [4.69, 9.17) is 4.74 Å². The normalized spacial score (nSPS) is 18.1. The molecule has 0 bridgehead atoms. The van der Waals surface area contributed by atoms with Crippen molar-refractivity contribution in [2.24, 2.45) is 0 Å². The molecule has 1 aromatic heterocycles. The summed E-state index contributed by atoms with van der Waals surface area (Å²) < 4.78 is 5.22. The minimum atomic E-state index is -0.277. The number of aromatic hydroxyl groups is 1. The second-order valence-electron chi connectivity index (χ2n) is 4.80. The van der Waals surface area contributed by atoms with Crippen molar-refractivity contribution in [1.29, 1.82) is 0 Å². The number of hydrogen-bond donors (Lipinski definition) is 2. The third-order valence-electron chi connectivity index (χ3n) is 3.68. The van der Waals surface area contributed by atoms with Gasteiger partial charge in [-0.3, -0.25) is 4.79 Å². The summed E-state index contributed by atoms with van der Waals surface area (Å²) in [6.45, 7) is 1.94. The largest absolute Gasteiger partial charge is 0.493 e. The molecule has 1 aliphatic rings. The first kappa shape index (κ1) is 13.1. The van der Waals surface area contributed by atoms with Crippen LogP contribution in [0.25, 0.3) is 0 Å². The molecular weight excluding hydrogens is 232 g/mol. The number of nitrogens with one attached hydrogen (secondary N) is 1. The van der Waals surface area contributed by atoms with E-state index in [1.54, 1.807) is 7.11 Å². The van der Waals surface area contributed by atoms with Crippen LogP contribution in [0.2, 0.25) is 0 Å². The summed E-state index contributed by atoms with van der Waals surface area (Å²) in [5, 5.41) is 9.99. The van der Waals surface area contributed by atoms with Crippen LogP contribution in [0.3, 0.4) is 0 Å². The Morgan fingerprint density at radius 1 is 1.50 bits per heavy atom. The third-order valence-corrected chi connectivity index (χ3v) is 3.68. The highest BCUT2D eigenvalue weighted by atomic mass is 16.5. The van der Waals surface area contributed by atoms with E-state index < -0.39 is 0 Å². The van der Waals surface area contributed by atoms with E-state index in [0.717, 1.165) is 25.7 Å². The summed E-state index contributed by atoms with van der Waals surface area (Å²) in [7, 11) is 1.57. The van der Waals surface area contributed by atoms with Crippen molar-refractivity contribution in [3.05, 3.63) is 21.7 Å². The van der Waals surface area contributed by atoms with Crippen LogP contribution in [0, 0.1) is 0 Å². The van der Waals surface area contributed by atoms with Gasteiger partial charge in [0.05, 0.1) is 5.56 Å². The number of nitrogens with zero attached hydrogens (tertiary/aromatic N) is 1. The fraction of sp³-hybridized carbons (Fsp3) is 0.692. The van der Waals surface area contributed by atoms with Crippen molar-refractivity contribution in [2.75, 3.05) is 7.11 Å². The number of hydrogen-bond acceptors (Lipinski definition) is 4. The van der Waals surface area contributed by atoms with E-state index in [-0.39, 0.29) is 23.5 Å². The Labute approximate surface area is 106 Å². The van der Waals surface area contributed by atoms with Crippen molar-refractivity contribution in [1.82, 2.24) is 9.97 Å². The Balaban J connectivity index is 2.37. The van der Waals surface area contributed by atoms with Gasteiger partial charge in [-0.05, 0) is 25.2 Å². The minimum absolute atomic E-state index is 0.129. The molecule has 5 heteroatoms. The summed E-state index contributed by atoms with van der Waals surface area (Å²) >= 11 is 0. The highest BCUT2D eigenvalue weighted by Gasteiger charge is 2.25. The van der Waals surface area contributed by atoms with Crippen LogP contribution in [0.1, 0.15) is 62.4 Å². The molecule has 0 aliphatic heterocycles. The van der Waals surface area contributed by atoms with Gasteiger partial charge in [-0.2, -0.15) is 4.98 Å². The molecule has 1 aliphatic carbocycles. The van der Waals surface area contributed by atoms with Gasteiger partial charge in [0.2, 0.25) is 5.88 Å². The van der Waals surface area contributed by atoms with Crippen molar-refractivity contribution in [3.63, 3.8) is 0 Å². The molecule has 100 valence electrons. The number of aromatic nitrogens is 2. The first-order valence-electron chi connectivity index (χ1n) is 6.53. The zero-order valence-electron chi connectivity index (χ0n) is 10.9. The molecule has 0 amide bonds. The van der Waals surface area contributed by atoms with Crippen molar-refractivity contribution >= 4 is 0 Å². The summed E-state index contributed by atoms with van der Waals surface area (Å²) in [4.78, 5) is 18.9. The minimum Gasteiger partial charge on any atom is -0.493 e. The summed E-state index contributed by atoms with van der Waals surface area (Å²) in [6.07, 6.45) is 4.56. The van der Waals surface area contributed by atoms with Crippen LogP contribution >= 0.6 is 0 Å². The number of methoxy groups -OCH3 is 1. The maximum absolute atomic E-state index is 12.1. The van der Waals surface area contributed by atoms with Gasteiger partial charge in [0.25, 0.3) is 5.56 Å². The molecule has 0 saturated heterocycles. The summed E-state index contributed by atoms with van der Waals surface area (Å²) in [5.41, 5.74) is 0.224. The molecule has 1 heterocycles. The SMILES string of the molecule is CCC(OC)c1nc(O)c(C2CCCC2)c(=O)[nH]1. The molecule has 0 radical (unpaired) electrons. The Morgan fingerprint density at radius 3 is 2.67 bits per heavy atom. The number of ether oxygens (including phenoxy) is 1. The molecular formula is C13H20N2O3. The van der Waals surface area contributed by atoms with E-state index in [1.807, 2.05) is 6.92 Å². The Kier molecular flexibility index (Phi) is 4.01. The number of aromatic amines is 1. The van der Waals surface area contributed by atoms with Gasteiger partial charge < -0.3 is 14.8 Å². The summed E-state index contributed by atoms with van der Waals surface area (Å²) in [5.74, 6) is 0.429. The zero-order valence-corrected chi connectivity index (χ0v) is 10.9. The van der Waals surface area contributed by atoms with E-state index >= 15 is 0 Å². The molecule has 1 unspecified atom stereocenters. The first-order chi connectivity index (χ1) is 8.67. The average Bonchev–Trinajstić information content (AvgIpc) is 2.83. The number of rotatable bonds is 4. The predicted octanol–water partition coefficient (Wildman–Crippen LogP) is 2.23. The Hall–Kier alpha value is -1.36. The molecule has 0 spiro atoms. The molecule has 5 nitrogen and oxygen atoms in total. The monoisotopic (exact) mass is 252 g/mol. The molecule has 18 heavy (non-hydrogen) atoms. The Bertz CT molecular complexity index is 460. The van der Waals surface area contributed by atoms with Crippen LogP contribution in [-0.2, 0) is 4.74 Å². The van der Waals surface area contributed by atoms with Crippen molar-refractivity contribution in [2.45, 2.75) is 51.0 Å². The summed E-state index contributed by atoms with van der Waals surface area (Å²) in [6, 6.07) is 0. The quantitative estimate of drug-likeness (QED) is 0.861. The van der Waals surface area contributed by atoms with Gasteiger partial charge in [0.1, 0.15) is 11.9 Å². The maximum atomic E-state index is 12.1. The third kappa shape index (κ3) is 2.41. The van der Waals surface area contributed by atoms with Crippen LogP contribution in [0.4, 0.5) is 0 Å². The van der Waals surface area contributed by atoms with E-state index in [1.165, 1.54) is 0 Å². The highest BCUT2D eigenvalue weighted by Crippen LogP contribution is 2.35. The van der Waals surface area contributed by atoms with E-state index in [9.17, 15) is 9.90 Å². The second-order valence-corrected chi connectivity index (χ2v) is 4.80. The molecule has 1 saturated carbocycles. The number of H-pyrrole nitrogens is 1. The second kappa shape index (κ2) is 5.52. The standard InChI is InChI=1S/C13H20N2O3/c1-3-9(18-2)11-14-12(16)10(13(17)15-11)8-6-4-5-7-8/h8-9H,3-7H2,1-2H3,(H2,14,15,16,17). The van der Waals surface area contributed by atoms with Crippen molar-refractivity contribution in [3.8, 4) is 5.88 Å². The molecule has 1 fully saturated rings. The van der Waals surface area contributed by atoms with Gasteiger partial charge in [-0.25, -0.2) is 0 Å². The fourth-order valence-electron chi connectivity index (χ4n) is 2.69. The molecule has 2 rings (SSSR count). The van der Waals surface area contributed by atoms with Crippen molar-refractivity contribution < 1.29 is 9.84 Å². The van der Waals surface area contributed by atoms with E-state index in [0.29, 0.717) is 17.8 Å². The lowest BCUT2D eigenvalue weighted by Crippen LogP contribution is -2.21. The van der Waals surface area contributed by atoms with Crippen LogP contribution in [0.15, 0.2) is 4.79 Å². The lowest BCUT2D eigenvalue weighted by atomic mass is 10.00. The fourth-order valence-corrected chi connectivity index (χ4v) is 2.69. The molecule has 1 aromatic rings. The van der Waals surface area contributed by atoms with Crippen LogP contribution < -0.4 is 5.56 Å². The maximum Gasteiger partial charge on any atom is 0.258 e. The van der Waals surface area contributed by atoms with Gasteiger partial charge in [0, 0.05) is 7.11 Å². The highest BCUT2D eigenvalue weighted by molar-refractivity contribution is 5.27. The topological polar surface area (TPSA) is 75.2 Å². The van der Waals surface area contributed by atoms with Crippen LogP contribution in [0.5, 0.6) is 5.88 Å². The zero-order chi connectivity index (χ0) is 13.1. The molecule has 2 N–H and O–H groups in total. The lowest BCUT2D eigenvalue weighted by Gasteiger charge is -2.15. The van der Waals surface area contributed by atoms with Gasteiger partial charge in [-0.1, -0.05) is 19.8 Å². The average molecular weight is 252 g/mol. The lowest BCUT2D eigenvalue weighted by molar-refractivity contribution is 0.0916. The van der Waals surface area contributed by atoms with Gasteiger partial charge in [0.15, 0.2) is 0 Å². The predicted molar refractivity (Wildman–Crippen MR) is 67.8 cm³/mol. The van der Waals surface area contributed by atoms with Gasteiger partial charge in [-0.15, -0.1) is 0 Å². The molecule has 1 atom stereocenters. The molecule has 0 aromatic carbocycles. The van der Waals surface area contributed by atoms with E-state index in [2.05, 4.69) is 9.97 Å². The first-order valence-corrected chi connectivity index (χ1v) is 6.53. The van der Waals surface area contributed by atoms with Crippen LogP contribution in [-0.4, -0.2) is 22.2 Å². The van der Waals surface area contributed by atoms with Gasteiger partial charge >= 0.3 is 0 Å². The Morgan fingerprint density at radius 2 is 2.17 bits per heavy atom.